The molecule has 3 aliphatic rings. The summed E-state index contributed by atoms with van der Waals surface area (Å²) in [4.78, 5) is 24.3. The van der Waals surface area contributed by atoms with Crippen LogP contribution in [-0.4, -0.2) is 57.4 Å². The summed E-state index contributed by atoms with van der Waals surface area (Å²) in [6, 6.07) is 9.50. The van der Waals surface area contributed by atoms with Gasteiger partial charge in [0, 0.05) is 36.5 Å². The number of nitrogens with one attached hydrogen (secondary N) is 1. The van der Waals surface area contributed by atoms with Crippen molar-refractivity contribution in [2.45, 2.75) is 71.6 Å². The highest BCUT2D eigenvalue weighted by Gasteiger charge is 2.59. The number of benzene rings is 1. The van der Waals surface area contributed by atoms with Gasteiger partial charge in [0.15, 0.2) is 0 Å². The fourth-order valence-corrected chi connectivity index (χ4v) is 6.61. The summed E-state index contributed by atoms with van der Waals surface area (Å²) < 4.78 is 27.4. The van der Waals surface area contributed by atoms with E-state index in [4.69, 9.17) is 9.47 Å². The van der Waals surface area contributed by atoms with E-state index in [2.05, 4.69) is 58.5 Å². The Balaban J connectivity index is 1.59. The SMILES string of the molecule is COC[C@@H](C)OC(=O)N(c1cc(C#N)c2ncc(C#N)c(NCC(C)(C)C)c2c1)[C@H](c1cn(C23CC(C2)C3)nn1)c1ccc(F)nc1C. The molecule has 3 aromatic heterocycles. The molecule has 0 aliphatic heterocycles. The van der Waals surface area contributed by atoms with E-state index in [1.54, 1.807) is 32.0 Å². The number of nitrogens with zero attached hydrogens (tertiary/aromatic N) is 8. The Morgan fingerprint density at radius 3 is 2.54 bits per heavy atom. The zero-order valence-electron chi connectivity index (χ0n) is 27.9. The Labute approximate surface area is 278 Å². The minimum atomic E-state index is -0.983. The van der Waals surface area contributed by atoms with Gasteiger partial charge in [-0.05, 0) is 62.6 Å². The van der Waals surface area contributed by atoms with Crippen LogP contribution in [0.4, 0.5) is 20.6 Å². The number of ether oxygens (including phenoxy) is 2. The minimum Gasteiger partial charge on any atom is -0.444 e. The molecule has 1 amide bonds. The fourth-order valence-electron chi connectivity index (χ4n) is 6.61. The van der Waals surface area contributed by atoms with Crippen LogP contribution in [-0.2, 0) is 15.0 Å². The lowest BCUT2D eigenvalue weighted by Crippen LogP contribution is -2.59. The van der Waals surface area contributed by atoms with Crippen molar-refractivity contribution in [3.05, 3.63) is 70.7 Å². The van der Waals surface area contributed by atoms with E-state index in [1.807, 2.05) is 10.9 Å². The molecule has 13 heteroatoms. The molecule has 248 valence electrons. The van der Waals surface area contributed by atoms with E-state index in [0.29, 0.717) is 46.0 Å². The molecule has 3 aliphatic carbocycles. The van der Waals surface area contributed by atoms with E-state index in [-0.39, 0.29) is 34.4 Å². The van der Waals surface area contributed by atoms with Crippen LogP contribution in [0.15, 0.2) is 36.7 Å². The lowest BCUT2D eigenvalue weighted by Gasteiger charge is -2.61. The number of methoxy groups -OCH3 is 1. The molecule has 2 atom stereocenters. The molecule has 7 rings (SSSR count). The smallest absolute Gasteiger partial charge is 0.415 e. The van der Waals surface area contributed by atoms with Gasteiger partial charge in [0.25, 0.3) is 0 Å². The summed E-state index contributed by atoms with van der Waals surface area (Å²) in [5.74, 6) is 0.0262. The highest BCUT2D eigenvalue weighted by atomic mass is 19.1. The molecule has 4 aromatic rings. The van der Waals surface area contributed by atoms with Gasteiger partial charge in [-0.2, -0.15) is 14.9 Å². The molecule has 3 heterocycles. The van der Waals surface area contributed by atoms with Gasteiger partial charge in [0.2, 0.25) is 5.95 Å². The number of carbonyl (C=O) groups is 1. The largest absolute Gasteiger partial charge is 0.444 e. The first-order valence-electron chi connectivity index (χ1n) is 15.9. The van der Waals surface area contributed by atoms with E-state index < -0.39 is 24.2 Å². The molecule has 2 bridgehead atoms. The lowest BCUT2D eigenvalue weighted by molar-refractivity contribution is -0.0989. The van der Waals surface area contributed by atoms with E-state index in [1.165, 1.54) is 24.3 Å². The third-order valence-corrected chi connectivity index (χ3v) is 9.10. The normalized spacial score (nSPS) is 19.3. The van der Waals surface area contributed by atoms with Crippen molar-refractivity contribution < 1.29 is 18.7 Å². The van der Waals surface area contributed by atoms with Crippen molar-refractivity contribution in [2.24, 2.45) is 11.3 Å². The van der Waals surface area contributed by atoms with Gasteiger partial charge in [-0.15, -0.1) is 5.10 Å². The van der Waals surface area contributed by atoms with Gasteiger partial charge >= 0.3 is 6.09 Å². The first-order valence-corrected chi connectivity index (χ1v) is 15.9. The molecule has 0 saturated heterocycles. The molecular formula is C35H38FN9O3. The predicted molar refractivity (Wildman–Crippen MR) is 176 cm³/mol. The quantitative estimate of drug-likeness (QED) is 0.198. The number of pyridine rings is 2. The summed E-state index contributed by atoms with van der Waals surface area (Å²) in [6.07, 6.45) is 4.93. The lowest BCUT2D eigenvalue weighted by atomic mass is 9.50. The fraction of sp³-hybridized carbons (Fsp3) is 0.457. The maximum Gasteiger partial charge on any atom is 0.415 e. The van der Waals surface area contributed by atoms with Crippen molar-refractivity contribution in [3.63, 3.8) is 0 Å². The number of aryl methyl sites for hydroxylation is 1. The Bertz CT molecular complexity index is 1960. The second-order valence-corrected chi connectivity index (χ2v) is 14.1. The van der Waals surface area contributed by atoms with E-state index in [0.717, 1.165) is 19.3 Å². The number of rotatable bonds is 10. The van der Waals surface area contributed by atoms with Crippen molar-refractivity contribution in [1.29, 1.82) is 10.5 Å². The third-order valence-electron chi connectivity index (χ3n) is 9.10. The zero-order chi connectivity index (χ0) is 34.4. The number of amides is 1. The van der Waals surface area contributed by atoms with Crippen molar-refractivity contribution in [3.8, 4) is 12.1 Å². The van der Waals surface area contributed by atoms with Gasteiger partial charge < -0.3 is 14.8 Å². The summed E-state index contributed by atoms with van der Waals surface area (Å²) in [5, 5.41) is 33.3. The van der Waals surface area contributed by atoms with E-state index in [9.17, 15) is 19.7 Å². The second-order valence-electron chi connectivity index (χ2n) is 14.1. The Morgan fingerprint density at radius 2 is 1.94 bits per heavy atom. The van der Waals surface area contributed by atoms with Crippen LogP contribution < -0.4 is 10.2 Å². The molecule has 48 heavy (non-hydrogen) atoms. The summed E-state index contributed by atoms with van der Waals surface area (Å²) in [7, 11) is 1.51. The summed E-state index contributed by atoms with van der Waals surface area (Å²) in [6.45, 7) is 10.2. The van der Waals surface area contributed by atoms with Gasteiger partial charge in [-0.25, -0.2) is 14.5 Å². The van der Waals surface area contributed by atoms with Gasteiger partial charge in [-0.3, -0.25) is 9.88 Å². The van der Waals surface area contributed by atoms with Crippen LogP contribution in [0, 0.1) is 46.9 Å². The van der Waals surface area contributed by atoms with Gasteiger partial charge in [0.05, 0.1) is 46.4 Å². The highest BCUT2D eigenvalue weighted by molar-refractivity contribution is 6.01. The number of hydrogen-bond donors (Lipinski definition) is 1. The van der Waals surface area contributed by atoms with E-state index >= 15 is 0 Å². The van der Waals surface area contributed by atoms with Crippen LogP contribution in [0.1, 0.15) is 81.1 Å². The van der Waals surface area contributed by atoms with Crippen molar-refractivity contribution >= 4 is 28.4 Å². The average Bonchev–Trinajstić information content (AvgIpc) is 3.45. The number of halogens is 1. The van der Waals surface area contributed by atoms with Gasteiger partial charge in [0.1, 0.15) is 30.0 Å². The first-order chi connectivity index (χ1) is 22.9. The number of aromatic nitrogens is 5. The van der Waals surface area contributed by atoms with Crippen LogP contribution in [0.25, 0.3) is 10.9 Å². The van der Waals surface area contributed by atoms with Crippen molar-refractivity contribution in [2.75, 3.05) is 30.5 Å². The minimum absolute atomic E-state index is 0.0845. The number of carbonyl (C=O) groups excluding carboxylic acids is 1. The van der Waals surface area contributed by atoms with Crippen LogP contribution in [0.3, 0.4) is 0 Å². The third kappa shape index (κ3) is 6.02. The number of hydrogen-bond acceptors (Lipinski definition) is 10. The first kappa shape index (κ1) is 32.8. The van der Waals surface area contributed by atoms with Gasteiger partial charge in [-0.1, -0.05) is 32.1 Å². The molecule has 12 nitrogen and oxygen atoms in total. The number of anilines is 2. The van der Waals surface area contributed by atoms with Crippen LogP contribution in [0.2, 0.25) is 0 Å². The molecule has 3 fully saturated rings. The number of fused-ring (bicyclic) bond motifs is 1. The maximum absolute atomic E-state index is 14.4. The molecule has 3 saturated carbocycles. The molecule has 1 aromatic carbocycles. The molecular weight excluding hydrogens is 613 g/mol. The number of nitriles is 2. The van der Waals surface area contributed by atoms with Crippen LogP contribution in [0.5, 0.6) is 0 Å². The topological polar surface area (TPSA) is 155 Å². The molecule has 0 spiro atoms. The summed E-state index contributed by atoms with van der Waals surface area (Å²) in [5.41, 5.74) is 2.61. The Morgan fingerprint density at radius 1 is 1.21 bits per heavy atom. The average molecular weight is 652 g/mol. The van der Waals surface area contributed by atoms with Crippen molar-refractivity contribution in [1.82, 2.24) is 25.0 Å². The molecule has 0 radical (unpaired) electrons. The molecule has 1 N–H and O–H groups in total. The monoisotopic (exact) mass is 651 g/mol. The Kier molecular flexibility index (Phi) is 8.52. The highest BCUT2D eigenvalue weighted by Crippen LogP contribution is 2.62. The standard InChI is InChI=1S/C35H38FN9O3/c1-20(18-47-6)48-33(46)45(25-9-23(14-37)30-27(10-25)31(24(15-38)16-39-30)40-19-34(3,4)5)32(26-7-8-29(36)41-21(26)2)28-17-44(43-42-28)35-11-22(12-35)13-35/h7-10,16-17,20,22,32H,11-13,18-19H2,1-6H3,(H,39,40)/t20-,22?,32+,35?/m1/s1. The Hall–Kier alpha value is -5.14. The summed E-state index contributed by atoms with van der Waals surface area (Å²) >= 11 is 0. The maximum atomic E-state index is 14.4. The predicted octanol–water partition coefficient (Wildman–Crippen LogP) is 6.15. The van der Waals surface area contributed by atoms with Crippen LogP contribution >= 0.6 is 0 Å². The zero-order valence-corrected chi connectivity index (χ0v) is 27.9. The molecule has 0 unspecified atom stereocenters. The second kappa shape index (κ2) is 12.5.